The van der Waals surface area contributed by atoms with Gasteiger partial charge in [-0.3, -0.25) is 0 Å². The van der Waals surface area contributed by atoms with Crippen LogP contribution in [0, 0.1) is 11.8 Å². The summed E-state index contributed by atoms with van der Waals surface area (Å²) in [6.45, 7) is 5.58. The third kappa shape index (κ3) is 8.26. The van der Waals surface area contributed by atoms with Crippen molar-refractivity contribution in [1.82, 2.24) is 14.3 Å². The second-order valence-corrected chi connectivity index (χ2v) is 11.6. The molecule has 188 valence electrons. The minimum atomic E-state index is -3.59. The minimum absolute atomic E-state index is 0.0458. The highest BCUT2D eigenvalue weighted by Crippen LogP contribution is 2.29. The van der Waals surface area contributed by atoms with Gasteiger partial charge in [0.15, 0.2) is 0 Å². The van der Waals surface area contributed by atoms with E-state index in [-0.39, 0.29) is 6.10 Å². The zero-order chi connectivity index (χ0) is 23.8. The molecule has 0 spiro atoms. The second-order valence-electron chi connectivity index (χ2n) is 9.11. The summed E-state index contributed by atoms with van der Waals surface area (Å²) in [6.07, 6.45) is 5.67. The Bertz CT molecular complexity index is 815. The summed E-state index contributed by atoms with van der Waals surface area (Å²) in [5.41, 5.74) is 0. The number of alkyl halides is 2. The zero-order valence-corrected chi connectivity index (χ0v) is 20.8. The molecule has 11 heteroatoms. The largest absolute Gasteiger partial charge is 0.378 e. The van der Waals surface area contributed by atoms with Gasteiger partial charge in [-0.1, -0.05) is 18.5 Å². The highest BCUT2D eigenvalue weighted by Gasteiger charge is 2.29. The number of anilines is 1. The fourth-order valence-electron chi connectivity index (χ4n) is 4.67. The average molecular weight is 509 g/mol. The Hall–Kier alpha value is -1.10. The van der Waals surface area contributed by atoms with Gasteiger partial charge in [-0.25, -0.2) is 31.5 Å². The maximum atomic E-state index is 12.3. The van der Waals surface area contributed by atoms with E-state index in [1.165, 1.54) is 4.31 Å². The van der Waals surface area contributed by atoms with Crippen LogP contribution in [0.15, 0.2) is 12.4 Å². The van der Waals surface area contributed by atoms with Gasteiger partial charge in [0, 0.05) is 39.2 Å². The molecule has 2 fully saturated rings. The molecule has 0 amide bonds. The maximum Gasteiger partial charge on any atom is 0.239 e. The van der Waals surface area contributed by atoms with Gasteiger partial charge in [-0.15, -0.1) is 0 Å². The molecule has 0 N–H and O–H groups in total. The minimum Gasteiger partial charge on any atom is -0.378 e. The molecule has 7 nitrogen and oxygen atoms in total. The first-order valence-corrected chi connectivity index (χ1v) is 13.8. The molecule has 0 bridgehead atoms. The van der Waals surface area contributed by atoms with Crippen molar-refractivity contribution in [3.63, 3.8) is 0 Å². The molecule has 1 aromatic heterocycles. The van der Waals surface area contributed by atoms with Crippen LogP contribution in [0.3, 0.4) is 0 Å². The van der Waals surface area contributed by atoms with Crippen molar-refractivity contribution in [1.29, 1.82) is 0 Å². The summed E-state index contributed by atoms with van der Waals surface area (Å²) in [5, 5.41) is 0.546. The number of hydrogen-bond donors (Lipinski definition) is 0. The molecular weight excluding hydrogens is 474 g/mol. The van der Waals surface area contributed by atoms with Crippen molar-refractivity contribution in [3.8, 4) is 0 Å². The van der Waals surface area contributed by atoms with Crippen LogP contribution in [-0.4, -0.2) is 73.8 Å². The number of nitrogens with zero attached hydrogens (tertiary/aromatic N) is 4. The smallest absolute Gasteiger partial charge is 0.239 e. The lowest BCUT2D eigenvalue weighted by Crippen LogP contribution is -2.42. The van der Waals surface area contributed by atoms with Gasteiger partial charge in [-0.2, -0.15) is 0 Å². The van der Waals surface area contributed by atoms with Crippen LogP contribution in [0.2, 0.25) is 5.02 Å². The summed E-state index contributed by atoms with van der Waals surface area (Å²) in [4.78, 5) is 10.8. The van der Waals surface area contributed by atoms with Crippen molar-refractivity contribution in [2.45, 2.75) is 64.4 Å². The Morgan fingerprint density at radius 2 is 1.73 bits per heavy atom. The van der Waals surface area contributed by atoms with Gasteiger partial charge < -0.3 is 9.64 Å². The van der Waals surface area contributed by atoms with E-state index in [0.717, 1.165) is 44.7 Å². The number of aromatic nitrogens is 2. The summed E-state index contributed by atoms with van der Waals surface area (Å²) in [6, 6.07) is 0. The molecule has 0 saturated carbocycles. The van der Waals surface area contributed by atoms with E-state index in [2.05, 4.69) is 21.8 Å². The van der Waals surface area contributed by atoms with Gasteiger partial charge >= 0.3 is 0 Å². The first-order chi connectivity index (χ1) is 15.7. The summed E-state index contributed by atoms with van der Waals surface area (Å²) < 4.78 is 56.2. The molecule has 0 aromatic carbocycles. The van der Waals surface area contributed by atoms with Crippen molar-refractivity contribution >= 4 is 27.6 Å². The molecule has 1 unspecified atom stereocenters. The van der Waals surface area contributed by atoms with Crippen LogP contribution >= 0.6 is 11.6 Å². The average Bonchev–Trinajstić information content (AvgIpc) is 2.81. The number of piperidine rings is 2. The van der Waals surface area contributed by atoms with E-state index in [4.69, 9.17) is 16.3 Å². The zero-order valence-electron chi connectivity index (χ0n) is 19.2. The molecule has 2 saturated heterocycles. The van der Waals surface area contributed by atoms with Gasteiger partial charge in [-0.05, 0) is 50.4 Å². The van der Waals surface area contributed by atoms with E-state index in [0.29, 0.717) is 49.4 Å². The number of sulfonamides is 1. The third-order valence-electron chi connectivity index (χ3n) is 6.78. The predicted octanol–water partition coefficient (Wildman–Crippen LogP) is 4.23. The molecule has 2 aliphatic rings. The van der Waals surface area contributed by atoms with Crippen LogP contribution in [0.25, 0.3) is 0 Å². The maximum absolute atomic E-state index is 12.3. The van der Waals surface area contributed by atoms with E-state index < -0.39 is 28.6 Å². The van der Waals surface area contributed by atoms with E-state index in [1.807, 2.05) is 0 Å². The highest BCUT2D eigenvalue weighted by atomic mass is 35.5. The molecule has 0 aliphatic carbocycles. The first-order valence-electron chi connectivity index (χ1n) is 11.8. The standard InChI is InChI=1S/C22H35ClF2N4O3S/c1-17(18-4-9-28(10-5-18)22-26-15-19(23)16-27-22)3-2-13-32-20-6-11-29(12-7-20)33(30,31)14-8-21(24)25/h15-18,20-21H,2-14H2,1H3. The third-order valence-corrected chi connectivity index (χ3v) is 8.88. The topological polar surface area (TPSA) is 75.6 Å². The van der Waals surface area contributed by atoms with Crippen molar-refractivity contribution in [3.05, 3.63) is 17.4 Å². The van der Waals surface area contributed by atoms with Crippen molar-refractivity contribution in [2.24, 2.45) is 11.8 Å². The molecule has 2 aliphatic heterocycles. The SMILES string of the molecule is CC(CCCOC1CCN(S(=O)(=O)CCC(F)F)CC1)C1CCN(c2ncc(Cl)cn2)CC1. The Morgan fingerprint density at radius 1 is 1.09 bits per heavy atom. The molecule has 1 atom stereocenters. The van der Waals surface area contributed by atoms with Crippen molar-refractivity contribution in [2.75, 3.05) is 43.4 Å². The summed E-state index contributed by atoms with van der Waals surface area (Å²) >= 11 is 5.87. The highest BCUT2D eigenvalue weighted by molar-refractivity contribution is 7.89. The van der Waals surface area contributed by atoms with Gasteiger partial charge in [0.1, 0.15) is 0 Å². The van der Waals surface area contributed by atoms with E-state index >= 15 is 0 Å². The molecule has 0 radical (unpaired) electrons. The van der Waals surface area contributed by atoms with Gasteiger partial charge in [0.25, 0.3) is 0 Å². The number of rotatable bonds is 11. The van der Waals surface area contributed by atoms with Gasteiger partial charge in [0.2, 0.25) is 22.4 Å². The lowest BCUT2D eigenvalue weighted by molar-refractivity contribution is 0.0171. The molecule has 33 heavy (non-hydrogen) atoms. The second kappa shape index (κ2) is 12.6. The van der Waals surface area contributed by atoms with E-state index in [9.17, 15) is 17.2 Å². The van der Waals surface area contributed by atoms with Crippen LogP contribution in [0.5, 0.6) is 0 Å². The Kier molecular flexibility index (Phi) is 10.1. The lowest BCUT2D eigenvalue weighted by Gasteiger charge is -2.35. The van der Waals surface area contributed by atoms with Crippen molar-refractivity contribution < 1.29 is 21.9 Å². The quantitative estimate of drug-likeness (QED) is 0.416. The molecule has 3 heterocycles. The van der Waals surface area contributed by atoms with Crippen LogP contribution in [0.4, 0.5) is 14.7 Å². The predicted molar refractivity (Wildman–Crippen MR) is 125 cm³/mol. The fourth-order valence-corrected chi connectivity index (χ4v) is 6.27. The Labute approximate surface area is 200 Å². The monoisotopic (exact) mass is 508 g/mol. The number of ether oxygens (including phenoxy) is 1. The fraction of sp³-hybridized carbons (Fsp3) is 0.818. The summed E-state index contributed by atoms with van der Waals surface area (Å²) in [5.74, 6) is 1.55. The molecular formula is C22H35ClF2N4O3S. The Balaban J connectivity index is 1.28. The molecule has 1 aromatic rings. The molecule has 3 rings (SSSR count). The Morgan fingerprint density at radius 3 is 2.33 bits per heavy atom. The lowest BCUT2D eigenvalue weighted by atomic mass is 9.83. The normalized spacial score (nSPS) is 20.5. The van der Waals surface area contributed by atoms with Crippen LogP contribution < -0.4 is 4.90 Å². The van der Waals surface area contributed by atoms with E-state index in [1.54, 1.807) is 12.4 Å². The number of hydrogen-bond acceptors (Lipinski definition) is 6. The summed E-state index contributed by atoms with van der Waals surface area (Å²) in [7, 11) is -3.59. The van der Waals surface area contributed by atoms with Crippen LogP contribution in [-0.2, 0) is 14.8 Å². The first kappa shape index (κ1) is 26.5. The van der Waals surface area contributed by atoms with Crippen LogP contribution in [0.1, 0.15) is 51.9 Å². The number of halogens is 3. The van der Waals surface area contributed by atoms with Gasteiger partial charge in [0.05, 0.1) is 29.3 Å².